The van der Waals surface area contributed by atoms with Gasteiger partial charge < -0.3 is 10.1 Å². The molecule has 1 aromatic carbocycles. The molecule has 0 spiro atoms. The largest absolute Gasteiger partial charge is 0.497 e. The van der Waals surface area contributed by atoms with Gasteiger partial charge in [-0.3, -0.25) is 15.1 Å². The summed E-state index contributed by atoms with van der Waals surface area (Å²) >= 11 is 0. The van der Waals surface area contributed by atoms with Crippen LogP contribution >= 0.6 is 0 Å². The average Bonchev–Trinajstić information content (AvgIpc) is 2.75. The Morgan fingerprint density at radius 2 is 1.95 bits per heavy atom. The number of guanidine groups is 1. The molecule has 108 valence electrons. The molecule has 1 fully saturated rings. The first-order valence-corrected chi connectivity index (χ1v) is 6.84. The van der Waals surface area contributed by atoms with Crippen LogP contribution in [0.3, 0.4) is 0 Å². The monoisotopic (exact) mass is 275 g/mol. The van der Waals surface area contributed by atoms with E-state index in [9.17, 15) is 4.79 Å². The van der Waals surface area contributed by atoms with Gasteiger partial charge in [0.25, 0.3) is 5.91 Å². The van der Waals surface area contributed by atoms with Gasteiger partial charge in [-0.1, -0.05) is 19.1 Å². The van der Waals surface area contributed by atoms with Gasteiger partial charge >= 0.3 is 0 Å². The second-order valence-corrected chi connectivity index (χ2v) is 5.14. The van der Waals surface area contributed by atoms with Crippen molar-refractivity contribution in [2.75, 3.05) is 7.11 Å². The summed E-state index contributed by atoms with van der Waals surface area (Å²) in [5.74, 6) is 1.25. The van der Waals surface area contributed by atoms with E-state index in [1.807, 2.05) is 45.0 Å². The fourth-order valence-electron chi connectivity index (χ4n) is 2.36. The Hall–Kier alpha value is -2.04. The maximum absolute atomic E-state index is 12.4. The molecule has 1 aromatic rings. The summed E-state index contributed by atoms with van der Waals surface area (Å²) in [5.41, 5.74) is 0.159. The Morgan fingerprint density at radius 3 is 2.45 bits per heavy atom. The lowest BCUT2D eigenvalue weighted by Crippen LogP contribution is -2.43. The molecule has 5 nitrogen and oxygen atoms in total. The third kappa shape index (κ3) is 2.48. The number of hydrogen-bond acceptors (Lipinski definition) is 3. The van der Waals surface area contributed by atoms with Crippen molar-refractivity contribution >= 4 is 11.9 Å². The van der Waals surface area contributed by atoms with Crippen LogP contribution in [-0.2, 0) is 10.3 Å². The van der Waals surface area contributed by atoms with Gasteiger partial charge in [0.2, 0.25) is 0 Å². The molecule has 0 saturated carbocycles. The minimum atomic E-state index is -0.750. The third-order valence-electron chi connectivity index (χ3n) is 3.45. The van der Waals surface area contributed by atoms with Crippen LogP contribution in [-0.4, -0.2) is 25.0 Å². The summed E-state index contributed by atoms with van der Waals surface area (Å²) in [4.78, 5) is 16.8. The van der Waals surface area contributed by atoms with Crippen molar-refractivity contribution in [2.45, 2.75) is 38.8 Å². The summed E-state index contributed by atoms with van der Waals surface area (Å²) in [7, 11) is 1.62. The minimum Gasteiger partial charge on any atom is -0.497 e. The second-order valence-electron chi connectivity index (χ2n) is 5.14. The van der Waals surface area contributed by atoms with Crippen LogP contribution in [0, 0.1) is 0 Å². The number of nitrogens with one attached hydrogen (secondary N) is 2. The summed E-state index contributed by atoms with van der Waals surface area (Å²) in [6.45, 7) is 5.93. The van der Waals surface area contributed by atoms with Gasteiger partial charge in [-0.15, -0.1) is 0 Å². The number of rotatable bonds is 4. The van der Waals surface area contributed by atoms with Gasteiger partial charge in [-0.05, 0) is 38.0 Å². The Bertz CT molecular complexity index is 522. The predicted molar refractivity (Wildman–Crippen MR) is 78.8 cm³/mol. The Balaban J connectivity index is 2.36. The zero-order chi connectivity index (χ0) is 14.8. The van der Waals surface area contributed by atoms with Crippen LogP contribution in [0.4, 0.5) is 0 Å². The molecule has 1 saturated heterocycles. The number of hydrogen-bond donors (Lipinski definition) is 2. The van der Waals surface area contributed by atoms with Gasteiger partial charge in [0.1, 0.15) is 11.3 Å². The lowest BCUT2D eigenvalue weighted by molar-refractivity contribution is -0.124. The van der Waals surface area contributed by atoms with Crippen molar-refractivity contribution in [3.8, 4) is 5.75 Å². The van der Waals surface area contributed by atoms with Crippen LogP contribution in [0.15, 0.2) is 29.3 Å². The average molecular weight is 275 g/mol. The molecule has 1 amide bonds. The van der Waals surface area contributed by atoms with Crippen LogP contribution < -0.4 is 15.4 Å². The third-order valence-corrected chi connectivity index (χ3v) is 3.45. The first kappa shape index (κ1) is 14.4. The van der Waals surface area contributed by atoms with Crippen molar-refractivity contribution < 1.29 is 9.53 Å². The van der Waals surface area contributed by atoms with E-state index in [4.69, 9.17) is 4.74 Å². The second kappa shape index (κ2) is 5.53. The molecule has 1 heterocycles. The van der Waals surface area contributed by atoms with Crippen molar-refractivity contribution in [1.29, 1.82) is 0 Å². The number of amides is 1. The molecule has 0 bridgehead atoms. The summed E-state index contributed by atoms with van der Waals surface area (Å²) in [5, 5.41) is 6.06. The van der Waals surface area contributed by atoms with E-state index in [0.717, 1.165) is 11.3 Å². The van der Waals surface area contributed by atoms with Crippen molar-refractivity contribution in [2.24, 2.45) is 4.99 Å². The summed E-state index contributed by atoms with van der Waals surface area (Å²) < 4.78 is 5.15. The van der Waals surface area contributed by atoms with Crippen molar-refractivity contribution in [3.05, 3.63) is 29.8 Å². The molecule has 0 aromatic heterocycles. The van der Waals surface area contributed by atoms with Crippen molar-refractivity contribution in [1.82, 2.24) is 10.6 Å². The minimum absolute atomic E-state index is 0.0652. The molecule has 1 unspecified atom stereocenters. The molecule has 5 heteroatoms. The van der Waals surface area contributed by atoms with E-state index in [2.05, 4.69) is 15.6 Å². The highest BCUT2D eigenvalue weighted by atomic mass is 16.5. The van der Waals surface area contributed by atoms with Crippen LogP contribution in [0.5, 0.6) is 5.75 Å². The van der Waals surface area contributed by atoms with E-state index >= 15 is 0 Å². The number of nitrogens with zero attached hydrogens (tertiary/aromatic N) is 1. The maximum Gasteiger partial charge on any atom is 0.257 e. The number of carbonyl (C=O) groups excluding carboxylic acids is 1. The Morgan fingerprint density at radius 1 is 1.30 bits per heavy atom. The van der Waals surface area contributed by atoms with E-state index in [1.165, 1.54) is 0 Å². The molecule has 1 aliphatic heterocycles. The zero-order valence-electron chi connectivity index (χ0n) is 12.4. The molecule has 1 atom stereocenters. The first-order chi connectivity index (χ1) is 9.51. The summed E-state index contributed by atoms with van der Waals surface area (Å²) in [6.07, 6.45) is 0.641. The zero-order valence-corrected chi connectivity index (χ0v) is 12.4. The first-order valence-electron chi connectivity index (χ1n) is 6.84. The normalized spacial score (nSPS) is 23.9. The van der Waals surface area contributed by atoms with E-state index < -0.39 is 5.54 Å². The highest BCUT2D eigenvalue weighted by Gasteiger charge is 2.45. The smallest absolute Gasteiger partial charge is 0.257 e. The van der Waals surface area contributed by atoms with E-state index in [-0.39, 0.29) is 11.9 Å². The van der Waals surface area contributed by atoms with Gasteiger partial charge in [0, 0.05) is 6.04 Å². The fourth-order valence-corrected chi connectivity index (χ4v) is 2.36. The molecular weight excluding hydrogens is 254 g/mol. The highest BCUT2D eigenvalue weighted by molar-refractivity contribution is 6.09. The molecule has 2 N–H and O–H groups in total. The molecule has 20 heavy (non-hydrogen) atoms. The molecule has 0 aliphatic carbocycles. The molecular formula is C15H21N3O2. The van der Waals surface area contributed by atoms with Gasteiger partial charge in [0.05, 0.1) is 7.11 Å². The van der Waals surface area contributed by atoms with E-state index in [0.29, 0.717) is 12.4 Å². The number of aliphatic imine (C=N–C) groups is 1. The lowest BCUT2D eigenvalue weighted by atomic mass is 9.87. The maximum atomic E-state index is 12.4. The SMILES string of the molecule is CCC1(c2ccc(OC)cc2)NC(=NC(C)C)NC1=O. The van der Waals surface area contributed by atoms with Crippen LogP contribution in [0.25, 0.3) is 0 Å². The number of carbonyl (C=O) groups is 1. The standard InChI is InChI=1S/C15H21N3O2/c1-5-15(11-6-8-12(20-4)9-7-11)13(19)17-14(18-15)16-10(2)3/h6-10H,5H2,1-4H3,(H2,16,17,18,19). The van der Waals surface area contributed by atoms with Gasteiger partial charge in [0.15, 0.2) is 5.96 Å². The van der Waals surface area contributed by atoms with Crippen LogP contribution in [0.1, 0.15) is 32.8 Å². The molecule has 2 rings (SSSR count). The highest BCUT2D eigenvalue weighted by Crippen LogP contribution is 2.29. The number of methoxy groups -OCH3 is 1. The lowest BCUT2D eigenvalue weighted by Gasteiger charge is -2.25. The Labute approximate surface area is 119 Å². The Kier molecular flexibility index (Phi) is 3.97. The van der Waals surface area contributed by atoms with Crippen molar-refractivity contribution in [3.63, 3.8) is 0 Å². The predicted octanol–water partition coefficient (Wildman–Crippen LogP) is 1.78. The fraction of sp³-hybridized carbons (Fsp3) is 0.467. The molecule has 1 aliphatic rings. The van der Waals surface area contributed by atoms with Gasteiger partial charge in [-0.25, -0.2) is 0 Å². The van der Waals surface area contributed by atoms with Gasteiger partial charge in [-0.2, -0.15) is 0 Å². The number of ether oxygens (including phenoxy) is 1. The van der Waals surface area contributed by atoms with Crippen LogP contribution in [0.2, 0.25) is 0 Å². The van der Waals surface area contributed by atoms with E-state index in [1.54, 1.807) is 7.11 Å². The quantitative estimate of drug-likeness (QED) is 0.880. The number of benzene rings is 1. The summed E-state index contributed by atoms with van der Waals surface area (Å²) in [6, 6.07) is 7.67. The topological polar surface area (TPSA) is 62.7 Å². The molecule has 0 radical (unpaired) electrons.